The fraction of sp³-hybridized carbons (Fsp3) is 0.522. The van der Waals surface area contributed by atoms with Crippen molar-refractivity contribution in [3.05, 3.63) is 29.6 Å². The maximum atomic E-state index is 12.5. The summed E-state index contributed by atoms with van der Waals surface area (Å²) >= 11 is 0. The molecule has 0 fully saturated rings. The first kappa shape index (κ1) is 23.4. The van der Waals surface area contributed by atoms with Gasteiger partial charge in [-0.15, -0.1) is 0 Å². The monoisotopic (exact) mass is 440 g/mol. The normalized spacial score (nSPS) is 12.8. The molecule has 1 N–H and O–H groups in total. The molecule has 1 aliphatic carbocycles. The van der Waals surface area contributed by atoms with Crippen molar-refractivity contribution in [2.45, 2.75) is 45.6 Å². The molecule has 0 radical (unpaired) electrons. The number of likely N-dealkylation sites (N-methyl/N-ethyl adjacent to an activating group) is 2. The minimum atomic E-state index is -0.297. The second-order valence-electron chi connectivity index (χ2n) is 9.26. The Labute approximate surface area is 189 Å². The van der Waals surface area contributed by atoms with Crippen LogP contribution in [-0.2, 0) is 22.4 Å². The molecule has 0 aromatic carbocycles. The minimum Gasteiger partial charge on any atom is -0.484 e. The Morgan fingerprint density at radius 1 is 1.16 bits per heavy atom. The van der Waals surface area contributed by atoms with Gasteiger partial charge in [0.15, 0.2) is 12.4 Å². The van der Waals surface area contributed by atoms with Crippen molar-refractivity contribution in [1.82, 2.24) is 25.2 Å². The van der Waals surface area contributed by atoms with Crippen molar-refractivity contribution < 1.29 is 14.3 Å². The lowest BCUT2D eigenvalue weighted by Gasteiger charge is -2.25. The molecule has 0 saturated carbocycles. The maximum Gasteiger partial charge on any atom is 0.259 e. The predicted molar refractivity (Wildman–Crippen MR) is 123 cm³/mol. The summed E-state index contributed by atoms with van der Waals surface area (Å²) in [6.45, 7) is 6.01. The van der Waals surface area contributed by atoms with Gasteiger partial charge in [-0.3, -0.25) is 14.6 Å². The number of aromatic nitrogens is 3. The predicted octanol–water partition coefficient (Wildman–Crippen LogP) is 1.85. The van der Waals surface area contributed by atoms with Crippen molar-refractivity contribution >= 4 is 17.6 Å². The van der Waals surface area contributed by atoms with Crippen molar-refractivity contribution in [3.8, 4) is 17.3 Å². The highest BCUT2D eigenvalue weighted by atomic mass is 16.5. The lowest BCUT2D eigenvalue weighted by atomic mass is 10.1. The van der Waals surface area contributed by atoms with Gasteiger partial charge in [0.2, 0.25) is 5.91 Å². The number of ether oxygens (including phenoxy) is 1. The highest BCUT2D eigenvalue weighted by molar-refractivity contribution is 5.82. The van der Waals surface area contributed by atoms with Crippen LogP contribution in [0.3, 0.4) is 0 Å². The van der Waals surface area contributed by atoms with Crippen LogP contribution < -0.4 is 15.0 Å². The highest BCUT2D eigenvalue weighted by Gasteiger charge is 2.24. The largest absolute Gasteiger partial charge is 0.484 e. The van der Waals surface area contributed by atoms with E-state index < -0.39 is 0 Å². The molecule has 0 unspecified atom stereocenters. The van der Waals surface area contributed by atoms with Crippen LogP contribution in [0.5, 0.6) is 5.75 Å². The average molecular weight is 441 g/mol. The van der Waals surface area contributed by atoms with E-state index in [-0.39, 0.29) is 30.5 Å². The smallest absolute Gasteiger partial charge is 0.259 e. The van der Waals surface area contributed by atoms with Gasteiger partial charge < -0.3 is 19.9 Å². The summed E-state index contributed by atoms with van der Waals surface area (Å²) in [7, 11) is 5.23. The first-order valence-electron chi connectivity index (χ1n) is 10.7. The van der Waals surface area contributed by atoms with Crippen LogP contribution in [0.4, 0.5) is 5.82 Å². The first-order chi connectivity index (χ1) is 15.0. The molecule has 1 aliphatic rings. The summed E-state index contributed by atoms with van der Waals surface area (Å²) in [5.41, 5.74) is 2.34. The molecule has 0 spiro atoms. The Hall–Kier alpha value is -3.23. The third kappa shape index (κ3) is 5.93. The van der Waals surface area contributed by atoms with E-state index in [9.17, 15) is 9.59 Å². The highest BCUT2D eigenvalue weighted by Crippen LogP contribution is 2.31. The van der Waals surface area contributed by atoms with Crippen LogP contribution in [0.1, 0.15) is 38.4 Å². The van der Waals surface area contributed by atoms with Crippen molar-refractivity contribution in [3.63, 3.8) is 0 Å². The molecule has 2 heterocycles. The van der Waals surface area contributed by atoms with E-state index in [0.29, 0.717) is 17.3 Å². The van der Waals surface area contributed by atoms with E-state index >= 15 is 0 Å². The molecule has 2 aromatic rings. The third-order valence-corrected chi connectivity index (χ3v) is 4.99. The zero-order valence-corrected chi connectivity index (χ0v) is 19.7. The summed E-state index contributed by atoms with van der Waals surface area (Å²) < 4.78 is 5.61. The summed E-state index contributed by atoms with van der Waals surface area (Å²) in [6, 6.07) is 3.43. The molecule has 0 saturated heterocycles. The molecule has 0 atom stereocenters. The number of carbonyl (C=O) groups excluding carboxylic acids is 2. The molecule has 32 heavy (non-hydrogen) atoms. The van der Waals surface area contributed by atoms with E-state index in [1.54, 1.807) is 32.4 Å². The topological polar surface area (TPSA) is 101 Å². The molecular formula is C23H32N6O3. The van der Waals surface area contributed by atoms with Crippen molar-refractivity contribution in [2.75, 3.05) is 39.2 Å². The number of nitrogens with one attached hydrogen (secondary N) is 1. The summed E-state index contributed by atoms with van der Waals surface area (Å²) in [5.74, 6) is 1.56. The molecule has 0 aliphatic heterocycles. The Morgan fingerprint density at radius 3 is 2.59 bits per heavy atom. The second-order valence-corrected chi connectivity index (χ2v) is 9.26. The van der Waals surface area contributed by atoms with E-state index in [2.05, 4.69) is 10.3 Å². The number of carbonyl (C=O) groups is 2. The van der Waals surface area contributed by atoms with Gasteiger partial charge in [0.25, 0.3) is 5.91 Å². The molecular weight excluding hydrogens is 408 g/mol. The number of nitrogens with zero attached hydrogens (tertiary/aromatic N) is 5. The number of rotatable bonds is 7. The Morgan fingerprint density at radius 2 is 1.91 bits per heavy atom. The quantitative estimate of drug-likeness (QED) is 0.701. The molecule has 9 heteroatoms. The van der Waals surface area contributed by atoms with E-state index in [0.717, 1.165) is 36.3 Å². The van der Waals surface area contributed by atoms with Gasteiger partial charge in [-0.1, -0.05) is 0 Å². The van der Waals surface area contributed by atoms with Crippen LogP contribution >= 0.6 is 0 Å². The van der Waals surface area contributed by atoms with E-state index in [1.807, 2.05) is 32.7 Å². The maximum absolute atomic E-state index is 12.5. The number of hydrogen-bond donors (Lipinski definition) is 1. The number of aryl methyl sites for hydroxylation is 1. The van der Waals surface area contributed by atoms with Gasteiger partial charge in [-0.2, -0.15) is 0 Å². The van der Waals surface area contributed by atoms with E-state index in [1.165, 1.54) is 4.90 Å². The summed E-state index contributed by atoms with van der Waals surface area (Å²) in [4.78, 5) is 41.5. The van der Waals surface area contributed by atoms with Gasteiger partial charge in [-0.25, -0.2) is 9.97 Å². The van der Waals surface area contributed by atoms with Crippen LogP contribution in [0.2, 0.25) is 0 Å². The lowest BCUT2D eigenvalue weighted by Crippen LogP contribution is -2.45. The first-order valence-corrected chi connectivity index (χ1v) is 10.7. The fourth-order valence-electron chi connectivity index (χ4n) is 3.49. The minimum absolute atomic E-state index is 0.0572. The Bertz CT molecular complexity index is 1000. The third-order valence-electron chi connectivity index (χ3n) is 4.99. The van der Waals surface area contributed by atoms with Gasteiger partial charge in [0.1, 0.15) is 17.3 Å². The number of amides is 2. The average Bonchev–Trinajstić information content (AvgIpc) is 3.18. The van der Waals surface area contributed by atoms with Crippen LogP contribution in [-0.4, -0.2) is 71.5 Å². The molecule has 2 aromatic heterocycles. The van der Waals surface area contributed by atoms with E-state index in [4.69, 9.17) is 14.7 Å². The van der Waals surface area contributed by atoms with Gasteiger partial charge in [-0.05, 0) is 46.1 Å². The molecule has 0 bridgehead atoms. The van der Waals surface area contributed by atoms with Crippen molar-refractivity contribution in [2.24, 2.45) is 0 Å². The Balaban J connectivity index is 1.85. The number of fused-ring (bicyclic) bond motifs is 1. The second kappa shape index (κ2) is 9.50. The van der Waals surface area contributed by atoms with Gasteiger partial charge in [0, 0.05) is 50.2 Å². The number of hydrogen-bond acceptors (Lipinski definition) is 7. The zero-order chi connectivity index (χ0) is 23.5. The molecule has 9 nitrogen and oxygen atoms in total. The summed E-state index contributed by atoms with van der Waals surface area (Å²) in [5, 5.41) is 2.99. The van der Waals surface area contributed by atoms with Crippen LogP contribution in [0, 0.1) is 0 Å². The number of pyridine rings is 1. The molecule has 172 valence electrons. The fourth-order valence-corrected chi connectivity index (χ4v) is 3.49. The zero-order valence-electron chi connectivity index (χ0n) is 19.7. The van der Waals surface area contributed by atoms with Crippen LogP contribution in [0.25, 0.3) is 11.5 Å². The molecule has 3 rings (SSSR count). The standard InChI is InChI=1S/C23H32N6O3/c1-23(2,3)27-19(30)13-29(6)22-16-8-7-9-17(16)25-21(26-22)18-12-15(10-11-24-18)32-14-20(31)28(4)5/h10-12H,7-9,13-14H2,1-6H3,(H,27,30). The lowest BCUT2D eigenvalue weighted by molar-refractivity contribution is -0.130. The summed E-state index contributed by atoms with van der Waals surface area (Å²) in [6.07, 6.45) is 4.38. The Kier molecular flexibility index (Phi) is 6.96. The SMILES string of the molecule is CN(C)C(=O)COc1ccnc(-c2nc3c(c(N(C)CC(=O)NC(C)(C)C)n2)CCC3)c1. The number of anilines is 1. The van der Waals surface area contributed by atoms with Gasteiger partial charge in [0.05, 0.1) is 6.54 Å². The van der Waals surface area contributed by atoms with Gasteiger partial charge >= 0.3 is 0 Å². The molecule has 2 amide bonds. The van der Waals surface area contributed by atoms with Crippen molar-refractivity contribution in [1.29, 1.82) is 0 Å². The van der Waals surface area contributed by atoms with Crippen LogP contribution in [0.15, 0.2) is 18.3 Å².